The minimum atomic E-state index is -0.289. The van der Waals surface area contributed by atoms with E-state index in [1.165, 1.54) is 12.1 Å². The number of pyridine rings is 1. The molecule has 0 unspecified atom stereocenters. The Morgan fingerprint density at radius 1 is 1.06 bits per heavy atom. The van der Waals surface area contributed by atoms with Crippen LogP contribution in [0.15, 0.2) is 72.9 Å². The number of imidazole rings is 1. The van der Waals surface area contributed by atoms with E-state index >= 15 is 0 Å². The molecule has 0 aliphatic rings. The normalized spacial score (nSPS) is 10.9. The van der Waals surface area contributed by atoms with Crippen LogP contribution in [0.5, 0.6) is 5.75 Å². The molecule has 0 fully saturated rings. The zero-order valence-electron chi connectivity index (χ0n) is 17.3. The lowest BCUT2D eigenvalue weighted by molar-refractivity contribution is -0.121. The number of hydrogen-bond acceptors (Lipinski definition) is 3. The van der Waals surface area contributed by atoms with Gasteiger partial charge in [-0.15, -0.1) is 0 Å². The first-order valence-corrected chi connectivity index (χ1v) is 10.3. The van der Waals surface area contributed by atoms with Crippen LogP contribution in [0, 0.1) is 5.82 Å². The number of fused-ring (bicyclic) bond motifs is 1. The van der Waals surface area contributed by atoms with Crippen molar-refractivity contribution in [1.82, 2.24) is 14.7 Å². The topological polar surface area (TPSA) is 55.6 Å². The van der Waals surface area contributed by atoms with Crippen LogP contribution in [0.25, 0.3) is 16.9 Å². The predicted molar refractivity (Wildman–Crippen MR) is 118 cm³/mol. The van der Waals surface area contributed by atoms with E-state index in [1.54, 1.807) is 12.1 Å². The largest absolute Gasteiger partial charge is 0.494 e. The fraction of sp³-hybridized carbons (Fsp3) is 0.200. The van der Waals surface area contributed by atoms with Crippen LogP contribution in [0.4, 0.5) is 4.39 Å². The number of benzene rings is 2. The molecule has 1 amide bonds. The van der Waals surface area contributed by atoms with Crippen molar-refractivity contribution in [3.63, 3.8) is 0 Å². The molecule has 1 N–H and O–H groups in total. The van der Waals surface area contributed by atoms with Crippen molar-refractivity contribution in [2.75, 3.05) is 6.61 Å². The van der Waals surface area contributed by atoms with Crippen LogP contribution in [0.3, 0.4) is 0 Å². The zero-order valence-corrected chi connectivity index (χ0v) is 17.3. The summed E-state index contributed by atoms with van der Waals surface area (Å²) in [7, 11) is 0. The Morgan fingerprint density at radius 3 is 2.58 bits per heavy atom. The van der Waals surface area contributed by atoms with E-state index in [2.05, 4.69) is 5.32 Å². The first-order valence-electron chi connectivity index (χ1n) is 10.3. The molecule has 0 spiro atoms. The minimum Gasteiger partial charge on any atom is -0.494 e. The van der Waals surface area contributed by atoms with Crippen molar-refractivity contribution < 1.29 is 13.9 Å². The fourth-order valence-corrected chi connectivity index (χ4v) is 3.52. The molecule has 0 saturated heterocycles. The summed E-state index contributed by atoms with van der Waals surface area (Å²) in [6.45, 7) is 3.03. The number of rotatable bonds is 8. The summed E-state index contributed by atoms with van der Waals surface area (Å²) in [6, 6.07) is 19.7. The Hall–Kier alpha value is -3.67. The van der Waals surface area contributed by atoms with Gasteiger partial charge in [0, 0.05) is 24.7 Å². The van der Waals surface area contributed by atoms with Crippen LogP contribution in [-0.2, 0) is 17.8 Å². The van der Waals surface area contributed by atoms with Gasteiger partial charge in [-0.2, -0.15) is 0 Å². The van der Waals surface area contributed by atoms with Gasteiger partial charge < -0.3 is 14.5 Å². The van der Waals surface area contributed by atoms with Crippen molar-refractivity contribution in [3.8, 4) is 17.0 Å². The second kappa shape index (κ2) is 9.43. The van der Waals surface area contributed by atoms with Crippen LogP contribution in [-0.4, -0.2) is 21.9 Å². The Labute approximate surface area is 180 Å². The number of carbonyl (C=O) groups is 1. The lowest BCUT2D eigenvalue weighted by Gasteiger charge is -2.08. The van der Waals surface area contributed by atoms with Crippen molar-refractivity contribution in [3.05, 3.63) is 90.0 Å². The summed E-state index contributed by atoms with van der Waals surface area (Å²) in [6.07, 6.45) is 2.78. The van der Waals surface area contributed by atoms with Crippen LogP contribution >= 0.6 is 0 Å². The van der Waals surface area contributed by atoms with Gasteiger partial charge in [0.15, 0.2) is 0 Å². The van der Waals surface area contributed by atoms with E-state index in [4.69, 9.17) is 9.72 Å². The minimum absolute atomic E-state index is 0.0372. The molecule has 31 heavy (non-hydrogen) atoms. The molecule has 2 aromatic carbocycles. The molecule has 5 nitrogen and oxygen atoms in total. The van der Waals surface area contributed by atoms with Crippen molar-refractivity contribution >= 4 is 11.6 Å². The van der Waals surface area contributed by atoms with Gasteiger partial charge in [0.1, 0.15) is 17.2 Å². The third-order valence-electron chi connectivity index (χ3n) is 5.06. The molecule has 0 atom stereocenters. The summed E-state index contributed by atoms with van der Waals surface area (Å²) >= 11 is 0. The highest BCUT2D eigenvalue weighted by Crippen LogP contribution is 2.26. The first-order chi connectivity index (χ1) is 15.1. The Balaban J connectivity index is 1.45. The van der Waals surface area contributed by atoms with E-state index in [-0.39, 0.29) is 11.7 Å². The second-order valence-corrected chi connectivity index (χ2v) is 7.20. The Bertz CT molecular complexity index is 1170. The predicted octanol–water partition coefficient (Wildman–Crippen LogP) is 4.79. The molecule has 4 aromatic rings. The summed E-state index contributed by atoms with van der Waals surface area (Å²) in [5, 5.41) is 2.97. The molecule has 0 radical (unpaired) electrons. The zero-order chi connectivity index (χ0) is 21.6. The van der Waals surface area contributed by atoms with Gasteiger partial charge in [0.25, 0.3) is 0 Å². The van der Waals surface area contributed by atoms with E-state index in [1.807, 2.05) is 60.0 Å². The second-order valence-electron chi connectivity index (χ2n) is 7.20. The molecule has 158 valence electrons. The number of amides is 1. The summed E-state index contributed by atoms with van der Waals surface area (Å²) < 4.78 is 20.8. The maximum Gasteiger partial charge on any atom is 0.220 e. The average Bonchev–Trinajstić information content (AvgIpc) is 3.16. The number of hydrogen-bond donors (Lipinski definition) is 1. The number of aromatic nitrogens is 2. The van der Waals surface area contributed by atoms with E-state index in [9.17, 15) is 9.18 Å². The van der Waals surface area contributed by atoms with Crippen LogP contribution in [0.1, 0.15) is 24.6 Å². The first kappa shape index (κ1) is 20.6. The number of nitrogens with zero attached hydrogens (tertiary/aromatic N) is 2. The Morgan fingerprint density at radius 2 is 1.84 bits per heavy atom. The number of halogens is 1. The number of nitrogens with one attached hydrogen (secondary N) is 1. The lowest BCUT2D eigenvalue weighted by atomic mass is 10.1. The molecule has 2 heterocycles. The number of aryl methyl sites for hydroxylation is 1. The van der Waals surface area contributed by atoms with Gasteiger partial charge in [0.2, 0.25) is 5.91 Å². The SMILES string of the molecule is CCOc1ccc(CNC(=O)CCc2c(-c3ccc(F)cc3)nc3ccccn23)cc1. The lowest BCUT2D eigenvalue weighted by Crippen LogP contribution is -2.23. The van der Waals surface area contributed by atoms with Gasteiger partial charge in [-0.3, -0.25) is 4.79 Å². The molecule has 0 saturated carbocycles. The van der Waals surface area contributed by atoms with Crippen LogP contribution < -0.4 is 10.1 Å². The summed E-state index contributed by atoms with van der Waals surface area (Å²) in [4.78, 5) is 17.2. The fourth-order valence-electron chi connectivity index (χ4n) is 3.52. The van der Waals surface area contributed by atoms with Gasteiger partial charge in [-0.05, 0) is 67.4 Å². The third kappa shape index (κ3) is 4.91. The molecule has 0 aliphatic heterocycles. The van der Waals surface area contributed by atoms with Gasteiger partial charge in [0.05, 0.1) is 18.0 Å². The molecule has 0 aliphatic carbocycles. The molecular formula is C25H24FN3O2. The standard InChI is InChI=1S/C25H24FN3O2/c1-2-31-21-12-6-18(7-13-21)17-27-24(30)15-14-22-25(19-8-10-20(26)11-9-19)28-23-5-3-4-16-29(22)23/h3-13,16H,2,14-15,17H2,1H3,(H,27,30). The number of ether oxygens (including phenoxy) is 1. The van der Waals surface area contributed by atoms with Gasteiger partial charge in [-0.25, -0.2) is 9.37 Å². The Kier molecular flexibility index (Phi) is 6.26. The quantitative estimate of drug-likeness (QED) is 0.449. The van der Waals surface area contributed by atoms with Crippen molar-refractivity contribution in [1.29, 1.82) is 0 Å². The molecule has 4 rings (SSSR count). The summed E-state index contributed by atoms with van der Waals surface area (Å²) in [5.41, 5.74) is 4.34. The van der Waals surface area contributed by atoms with Crippen LogP contribution in [0.2, 0.25) is 0 Å². The third-order valence-corrected chi connectivity index (χ3v) is 5.06. The van der Waals surface area contributed by atoms with Crippen molar-refractivity contribution in [2.45, 2.75) is 26.3 Å². The highest BCUT2D eigenvalue weighted by atomic mass is 19.1. The monoisotopic (exact) mass is 417 g/mol. The molecule has 0 bridgehead atoms. The van der Waals surface area contributed by atoms with E-state index < -0.39 is 0 Å². The van der Waals surface area contributed by atoms with E-state index in [0.29, 0.717) is 26.0 Å². The maximum absolute atomic E-state index is 13.4. The maximum atomic E-state index is 13.4. The summed E-state index contributed by atoms with van der Waals surface area (Å²) in [5.74, 6) is 0.492. The molecule has 6 heteroatoms. The smallest absolute Gasteiger partial charge is 0.220 e. The number of carbonyl (C=O) groups excluding carboxylic acids is 1. The molecule has 2 aromatic heterocycles. The molecular weight excluding hydrogens is 393 g/mol. The van der Waals surface area contributed by atoms with Crippen molar-refractivity contribution in [2.24, 2.45) is 0 Å². The highest BCUT2D eigenvalue weighted by Gasteiger charge is 2.15. The highest BCUT2D eigenvalue weighted by molar-refractivity contribution is 5.77. The van der Waals surface area contributed by atoms with Gasteiger partial charge in [-0.1, -0.05) is 18.2 Å². The average molecular weight is 417 g/mol. The van der Waals surface area contributed by atoms with Gasteiger partial charge >= 0.3 is 0 Å². The van der Waals surface area contributed by atoms with E-state index in [0.717, 1.165) is 33.9 Å².